The standard InChI is InChI=1S/C12H20N4O2S/c1-3-4-9-15-16-11(19-9)14-10(17)12(18-2)5-7-13-8-6-12/h13H,3-8H2,1-2H3,(H,14,16,17). The molecule has 0 aromatic carbocycles. The number of piperidine rings is 1. The smallest absolute Gasteiger partial charge is 0.258 e. The van der Waals surface area contributed by atoms with Crippen molar-refractivity contribution in [1.82, 2.24) is 15.5 Å². The molecule has 1 amide bonds. The van der Waals surface area contributed by atoms with Gasteiger partial charge in [-0.25, -0.2) is 0 Å². The Bertz CT molecular complexity index is 429. The molecular weight excluding hydrogens is 264 g/mol. The van der Waals surface area contributed by atoms with Crippen LogP contribution in [0.2, 0.25) is 0 Å². The maximum absolute atomic E-state index is 12.4. The lowest BCUT2D eigenvalue weighted by Gasteiger charge is -2.34. The minimum atomic E-state index is -0.734. The first kappa shape index (κ1) is 14.4. The normalized spacial score (nSPS) is 18.2. The molecule has 0 atom stereocenters. The van der Waals surface area contributed by atoms with Gasteiger partial charge in [0.2, 0.25) is 5.13 Å². The lowest BCUT2D eigenvalue weighted by atomic mass is 9.91. The number of methoxy groups -OCH3 is 1. The zero-order valence-electron chi connectivity index (χ0n) is 11.4. The number of nitrogens with zero attached hydrogens (tertiary/aromatic N) is 2. The van der Waals surface area contributed by atoms with E-state index in [1.165, 1.54) is 11.3 Å². The minimum absolute atomic E-state index is 0.115. The van der Waals surface area contributed by atoms with E-state index in [0.29, 0.717) is 18.0 Å². The molecule has 1 aromatic rings. The van der Waals surface area contributed by atoms with Crippen LogP contribution in [0.4, 0.5) is 5.13 Å². The number of rotatable bonds is 5. The molecule has 2 rings (SSSR count). The van der Waals surface area contributed by atoms with Crippen LogP contribution in [0.3, 0.4) is 0 Å². The van der Waals surface area contributed by atoms with Crippen LogP contribution in [0, 0.1) is 0 Å². The number of aryl methyl sites for hydroxylation is 1. The van der Waals surface area contributed by atoms with Gasteiger partial charge in [0.25, 0.3) is 5.91 Å². The SMILES string of the molecule is CCCc1nnc(NC(=O)C2(OC)CCNCC2)s1. The predicted molar refractivity (Wildman–Crippen MR) is 74.4 cm³/mol. The number of hydrogen-bond donors (Lipinski definition) is 2. The van der Waals surface area contributed by atoms with Crippen LogP contribution >= 0.6 is 11.3 Å². The van der Waals surface area contributed by atoms with Gasteiger partial charge in [-0.2, -0.15) is 0 Å². The molecule has 1 aliphatic heterocycles. The summed E-state index contributed by atoms with van der Waals surface area (Å²) in [5.41, 5.74) is -0.734. The molecule has 1 fully saturated rings. The molecule has 0 saturated carbocycles. The van der Waals surface area contributed by atoms with Gasteiger partial charge in [-0.3, -0.25) is 10.1 Å². The van der Waals surface area contributed by atoms with Gasteiger partial charge in [0.15, 0.2) is 0 Å². The first-order valence-electron chi connectivity index (χ1n) is 6.60. The summed E-state index contributed by atoms with van der Waals surface area (Å²) in [5, 5.41) is 15.6. The highest BCUT2D eigenvalue weighted by molar-refractivity contribution is 7.15. The first-order valence-corrected chi connectivity index (χ1v) is 7.41. The van der Waals surface area contributed by atoms with E-state index in [1.807, 2.05) is 0 Å². The molecule has 0 unspecified atom stereocenters. The van der Waals surface area contributed by atoms with Gasteiger partial charge in [-0.05, 0) is 32.4 Å². The third kappa shape index (κ3) is 3.29. The Morgan fingerprint density at radius 1 is 1.47 bits per heavy atom. The molecule has 2 heterocycles. The van der Waals surface area contributed by atoms with E-state index in [2.05, 4.69) is 27.8 Å². The van der Waals surface area contributed by atoms with E-state index >= 15 is 0 Å². The summed E-state index contributed by atoms with van der Waals surface area (Å²) in [4.78, 5) is 12.4. The van der Waals surface area contributed by atoms with Crippen molar-refractivity contribution in [3.8, 4) is 0 Å². The second-order valence-corrected chi connectivity index (χ2v) is 5.72. The second kappa shape index (κ2) is 6.40. The fraction of sp³-hybridized carbons (Fsp3) is 0.750. The molecule has 0 spiro atoms. The molecule has 0 aliphatic carbocycles. The molecule has 0 bridgehead atoms. The summed E-state index contributed by atoms with van der Waals surface area (Å²) in [6.45, 7) is 3.67. The Kier molecular flexibility index (Phi) is 4.84. The largest absolute Gasteiger partial charge is 0.368 e. The van der Waals surface area contributed by atoms with E-state index < -0.39 is 5.60 Å². The Labute approximate surface area is 116 Å². The van der Waals surface area contributed by atoms with Gasteiger partial charge in [0, 0.05) is 13.5 Å². The molecule has 106 valence electrons. The number of nitrogens with one attached hydrogen (secondary N) is 2. The molecule has 7 heteroatoms. The third-order valence-corrected chi connectivity index (χ3v) is 4.27. The van der Waals surface area contributed by atoms with Crippen molar-refractivity contribution in [3.05, 3.63) is 5.01 Å². The quantitative estimate of drug-likeness (QED) is 0.849. The minimum Gasteiger partial charge on any atom is -0.368 e. The van der Waals surface area contributed by atoms with Crippen molar-refractivity contribution < 1.29 is 9.53 Å². The maximum Gasteiger partial charge on any atom is 0.258 e. The number of carbonyl (C=O) groups is 1. The van der Waals surface area contributed by atoms with Crippen molar-refractivity contribution in [2.75, 3.05) is 25.5 Å². The van der Waals surface area contributed by atoms with Gasteiger partial charge >= 0.3 is 0 Å². The summed E-state index contributed by atoms with van der Waals surface area (Å²) < 4.78 is 5.47. The summed E-state index contributed by atoms with van der Waals surface area (Å²) in [5.74, 6) is -0.115. The Hall–Kier alpha value is -1.05. The monoisotopic (exact) mass is 284 g/mol. The average molecular weight is 284 g/mol. The molecule has 1 saturated heterocycles. The van der Waals surface area contributed by atoms with Crippen LogP contribution in [0.15, 0.2) is 0 Å². The van der Waals surface area contributed by atoms with Crippen LogP contribution < -0.4 is 10.6 Å². The van der Waals surface area contributed by atoms with Crippen LogP contribution in [-0.2, 0) is 16.0 Å². The average Bonchev–Trinajstić information content (AvgIpc) is 2.87. The molecular formula is C12H20N4O2S. The number of anilines is 1. The van der Waals surface area contributed by atoms with Crippen LogP contribution in [0.5, 0.6) is 0 Å². The number of aromatic nitrogens is 2. The molecule has 6 nitrogen and oxygen atoms in total. The first-order chi connectivity index (χ1) is 9.20. The zero-order valence-corrected chi connectivity index (χ0v) is 12.2. The number of hydrogen-bond acceptors (Lipinski definition) is 6. The molecule has 0 radical (unpaired) electrons. The van der Waals surface area contributed by atoms with E-state index in [-0.39, 0.29) is 5.91 Å². The van der Waals surface area contributed by atoms with Gasteiger partial charge in [0.05, 0.1) is 0 Å². The number of carbonyl (C=O) groups excluding carboxylic acids is 1. The van der Waals surface area contributed by atoms with Crippen molar-refractivity contribution in [2.45, 2.75) is 38.2 Å². The highest BCUT2D eigenvalue weighted by Crippen LogP contribution is 2.25. The van der Waals surface area contributed by atoms with Crippen LogP contribution in [0.25, 0.3) is 0 Å². The highest BCUT2D eigenvalue weighted by Gasteiger charge is 2.40. The molecule has 1 aromatic heterocycles. The predicted octanol–water partition coefficient (Wildman–Crippen LogP) is 1.20. The highest BCUT2D eigenvalue weighted by atomic mass is 32.1. The zero-order chi connectivity index (χ0) is 13.7. The Morgan fingerprint density at radius 3 is 2.84 bits per heavy atom. The number of amides is 1. The molecule has 2 N–H and O–H groups in total. The van der Waals surface area contributed by atoms with Crippen LogP contribution in [0.1, 0.15) is 31.2 Å². The van der Waals surface area contributed by atoms with Crippen molar-refractivity contribution >= 4 is 22.4 Å². The van der Waals surface area contributed by atoms with Crippen molar-refractivity contribution in [3.63, 3.8) is 0 Å². The maximum atomic E-state index is 12.4. The summed E-state index contributed by atoms with van der Waals surface area (Å²) in [6.07, 6.45) is 3.27. The molecule has 19 heavy (non-hydrogen) atoms. The van der Waals surface area contributed by atoms with Gasteiger partial charge < -0.3 is 10.1 Å². The fourth-order valence-electron chi connectivity index (χ4n) is 2.18. The third-order valence-electron chi connectivity index (χ3n) is 3.37. The van der Waals surface area contributed by atoms with Gasteiger partial charge in [-0.1, -0.05) is 18.3 Å². The number of ether oxygens (including phenoxy) is 1. The lowest BCUT2D eigenvalue weighted by Crippen LogP contribution is -2.51. The van der Waals surface area contributed by atoms with E-state index in [1.54, 1.807) is 7.11 Å². The van der Waals surface area contributed by atoms with Gasteiger partial charge in [-0.15, -0.1) is 10.2 Å². The van der Waals surface area contributed by atoms with E-state index in [0.717, 1.165) is 30.9 Å². The van der Waals surface area contributed by atoms with Crippen molar-refractivity contribution in [1.29, 1.82) is 0 Å². The van der Waals surface area contributed by atoms with E-state index in [9.17, 15) is 4.79 Å². The Morgan fingerprint density at radius 2 is 2.21 bits per heavy atom. The summed E-state index contributed by atoms with van der Waals surface area (Å²) in [7, 11) is 1.59. The second-order valence-electron chi connectivity index (χ2n) is 4.65. The fourth-order valence-corrected chi connectivity index (χ4v) is 3.02. The van der Waals surface area contributed by atoms with Gasteiger partial charge in [0.1, 0.15) is 10.6 Å². The topological polar surface area (TPSA) is 76.1 Å². The Balaban J connectivity index is 2.01. The summed E-state index contributed by atoms with van der Waals surface area (Å²) in [6, 6.07) is 0. The van der Waals surface area contributed by atoms with E-state index in [4.69, 9.17) is 4.74 Å². The lowest BCUT2D eigenvalue weighted by molar-refractivity contribution is -0.140. The summed E-state index contributed by atoms with van der Waals surface area (Å²) >= 11 is 1.43. The van der Waals surface area contributed by atoms with Crippen LogP contribution in [-0.4, -0.2) is 41.9 Å². The molecule has 1 aliphatic rings. The van der Waals surface area contributed by atoms with Crippen molar-refractivity contribution in [2.24, 2.45) is 0 Å².